The molecule has 1 aromatic rings. The van der Waals surface area contributed by atoms with Gasteiger partial charge in [-0.15, -0.1) is 0 Å². The number of aliphatic hydroxyl groups is 1. The van der Waals surface area contributed by atoms with Crippen LogP contribution in [0.15, 0.2) is 12.1 Å². The number of amides is 2. The van der Waals surface area contributed by atoms with Crippen molar-refractivity contribution in [1.29, 1.82) is 0 Å². The quantitative estimate of drug-likeness (QED) is 0.881. The fraction of sp³-hybridized carbons (Fsp3) is 0.632. The van der Waals surface area contributed by atoms with Crippen molar-refractivity contribution in [3.63, 3.8) is 0 Å². The third kappa shape index (κ3) is 4.26. The maximum Gasteiger partial charge on any atom is 0.317 e. The van der Waals surface area contributed by atoms with Crippen LogP contribution in [-0.4, -0.2) is 35.7 Å². The standard InChI is InChI=1S/C19H29FN2O2/c1-12-9-16(10-13(2)18(12)20)14(3)21-19(24)22(4)17-7-5-15(11-23)6-8-17/h9-10,14-15,17,23H,5-8,11H2,1-4H3,(H,21,24). The first-order valence-electron chi connectivity index (χ1n) is 8.74. The summed E-state index contributed by atoms with van der Waals surface area (Å²) in [6.07, 6.45) is 3.78. The van der Waals surface area contributed by atoms with Crippen LogP contribution in [0.25, 0.3) is 0 Å². The first kappa shape index (κ1) is 18.7. The highest BCUT2D eigenvalue weighted by atomic mass is 19.1. The van der Waals surface area contributed by atoms with E-state index in [-0.39, 0.29) is 30.5 Å². The number of urea groups is 1. The molecule has 4 nitrogen and oxygen atoms in total. The Bertz CT molecular complexity index is 560. The Morgan fingerprint density at radius 1 is 1.29 bits per heavy atom. The summed E-state index contributed by atoms with van der Waals surface area (Å²) in [5.74, 6) is 0.192. The van der Waals surface area contributed by atoms with E-state index < -0.39 is 0 Å². The summed E-state index contributed by atoms with van der Waals surface area (Å²) in [4.78, 5) is 14.3. The molecule has 0 aromatic heterocycles. The van der Waals surface area contributed by atoms with Gasteiger partial charge >= 0.3 is 6.03 Å². The summed E-state index contributed by atoms with van der Waals surface area (Å²) in [7, 11) is 1.83. The van der Waals surface area contributed by atoms with Gasteiger partial charge in [-0.1, -0.05) is 12.1 Å². The zero-order chi connectivity index (χ0) is 17.9. The lowest BCUT2D eigenvalue weighted by atomic mass is 9.86. The van der Waals surface area contributed by atoms with Crippen LogP contribution in [0.2, 0.25) is 0 Å². The third-order valence-electron chi connectivity index (χ3n) is 5.24. The van der Waals surface area contributed by atoms with Crippen molar-refractivity contribution in [3.05, 3.63) is 34.6 Å². The number of benzene rings is 1. The predicted octanol–water partition coefficient (Wildman–Crippen LogP) is 3.70. The van der Waals surface area contributed by atoms with Crippen LogP contribution >= 0.6 is 0 Å². The van der Waals surface area contributed by atoms with Gasteiger partial charge < -0.3 is 15.3 Å². The van der Waals surface area contributed by atoms with Crippen LogP contribution in [0.1, 0.15) is 55.3 Å². The van der Waals surface area contributed by atoms with Crippen LogP contribution in [-0.2, 0) is 0 Å². The van der Waals surface area contributed by atoms with Gasteiger partial charge in [0.05, 0.1) is 6.04 Å². The van der Waals surface area contributed by atoms with E-state index in [0.29, 0.717) is 17.0 Å². The topological polar surface area (TPSA) is 52.6 Å². The molecule has 1 aliphatic carbocycles. The maximum absolute atomic E-state index is 13.8. The van der Waals surface area contributed by atoms with Gasteiger partial charge in [-0.2, -0.15) is 0 Å². The average Bonchev–Trinajstić information content (AvgIpc) is 2.58. The van der Waals surface area contributed by atoms with E-state index in [4.69, 9.17) is 0 Å². The van der Waals surface area contributed by atoms with Crippen LogP contribution < -0.4 is 5.32 Å². The molecule has 0 radical (unpaired) electrons. The molecule has 0 aliphatic heterocycles. The van der Waals surface area contributed by atoms with Gasteiger partial charge in [0.1, 0.15) is 5.82 Å². The molecule has 1 aromatic carbocycles. The van der Waals surface area contributed by atoms with Gasteiger partial charge in [0.15, 0.2) is 0 Å². The van der Waals surface area contributed by atoms with E-state index in [1.807, 2.05) is 14.0 Å². The molecule has 1 atom stereocenters. The lowest BCUT2D eigenvalue weighted by Crippen LogP contribution is -2.45. The molecule has 2 amide bonds. The monoisotopic (exact) mass is 336 g/mol. The number of halogens is 1. The van der Waals surface area contributed by atoms with E-state index in [2.05, 4.69) is 5.32 Å². The molecule has 24 heavy (non-hydrogen) atoms. The second-order valence-corrected chi connectivity index (χ2v) is 7.11. The van der Waals surface area contributed by atoms with Crippen molar-refractivity contribution >= 4 is 6.03 Å². The molecule has 2 rings (SSSR count). The van der Waals surface area contributed by atoms with Gasteiger partial charge in [-0.3, -0.25) is 0 Å². The van der Waals surface area contributed by atoms with Crippen LogP contribution in [0.3, 0.4) is 0 Å². The van der Waals surface area contributed by atoms with Crippen molar-refractivity contribution in [3.8, 4) is 0 Å². The highest BCUT2D eigenvalue weighted by Crippen LogP contribution is 2.27. The maximum atomic E-state index is 13.8. The highest BCUT2D eigenvalue weighted by Gasteiger charge is 2.27. The zero-order valence-corrected chi connectivity index (χ0v) is 15.1. The average molecular weight is 336 g/mol. The van der Waals surface area contributed by atoms with E-state index in [1.54, 1.807) is 30.9 Å². The van der Waals surface area contributed by atoms with Gasteiger partial charge in [0, 0.05) is 19.7 Å². The number of hydrogen-bond acceptors (Lipinski definition) is 2. The molecule has 1 unspecified atom stereocenters. The number of carbonyl (C=O) groups excluding carboxylic acids is 1. The van der Waals surface area contributed by atoms with Gasteiger partial charge in [0.25, 0.3) is 0 Å². The van der Waals surface area contributed by atoms with Crippen molar-refractivity contribution in [2.75, 3.05) is 13.7 Å². The largest absolute Gasteiger partial charge is 0.396 e. The molecule has 0 saturated heterocycles. The molecule has 5 heteroatoms. The SMILES string of the molecule is Cc1cc(C(C)NC(=O)N(C)C2CCC(CO)CC2)cc(C)c1F. The molecule has 0 heterocycles. The lowest BCUT2D eigenvalue weighted by molar-refractivity contribution is 0.133. The summed E-state index contributed by atoms with van der Waals surface area (Å²) >= 11 is 0. The summed E-state index contributed by atoms with van der Waals surface area (Å²) in [5.41, 5.74) is 2.11. The molecule has 0 spiro atoms. The summed E-state index contributed by atoms with van der Waals surface area (Å²) in [5, 5.41) is 12.2. The molecular weight excluding hydrogens is 307 g/mol. The number of aliphatic hydroxyl groups excluding tert-OH is 1. The predicted molar refractivity (Wildman–Crippen MR) is 93.4 cm³/mol. The Hall–Kier alpha value is -1.62. The molecule has 1 aliphatic rings. The zero-order valence-electron chi connectivity index (χ0n) is 15.1. The van der Waals surface area contributed by atoms with Crippen LogP contribution in [0.4, 0.5) is 9.18 Å². The highest BCUT2D eigenvalue weighted by molar-refractivity contribution is 5.74. The number of hydrogen-bond donors (Lipinski definition) is 2. The fourth-order valence-corrected chi connectivity index (χ4v) is 3.48. The molecule has 1 fully saturated rings. The number of carbonyl (C=O) groups is 1. The Morgan fingerprint density at radius 3 is 2.33 bits per heavy atom. The first-order valence-corrected chi connectivity index (χ1v) is 8.74. The number of rotatable bonds is 4. The minimum Gasteiger partial charge on any atom is -0.396 e. The van der Waals surface area contributed by atoms with E-state index in [0.717, 1.165) is 31.2 Å². The number of aryl methyl sites for hydroxylation is 2. The van der Waals surface area contributed by atoms with Crippen molar-refractivity contribution in [1.82, 2.24) is 10.2 Å². The number of nitrogens with one attached hydrogen (secondary N) is 1. The Morgan fingerprint density at radius 2 is 1.83 bits per heavy atom. The van der Waals surface area contributed by atoms with Crippen molar-refractivity contribution in [2.45, 2.75) is 58.5 Å². The van der Waals surface area contributed by atoms with E-state index >= 15 is 0 Å². The Labute approximate surface area is 144 Å². The van der Waals surface area contributed by atoms with Crippen molar-refractivity contribution < 1.29 is 14.3 Å². The van der Waals surface area contributed by atoms with Crippen molar-refractivity contribution in [2.24, 2.45) is 5.92 Å². The molecule has 134 valence electrons. The summed E-state index contributed by atoms with van der Waals surface area (Å²) in [6, 6.07) is 3.53. The molecular formula is C19H29FN2O2. The van der Waals surface area contributed by atoms with Crippen LogP contribution in [0, 0.1) is 25.6 Å². The lowest BCUT2D eigenvalue weighted by Gasteiger charge is -2.34. The summed E-state index contributed by atoms with van der Waals surface area (Å²) < 4.78 is 13.8. The Kier molecular flexibility index (Phi) is 6.21. The minimum absolute atomic E-state index is 0.102. The molecule has 2 N–H and O–H groups in total. The van der Waals surface area contributed by atoms with E-state index in [9.17, 15) is 14.3 Å². The second-order valence-electron chi connectivity index (χ2n) is 7.11. The van der Waals surface area contributed by atoms with Gasteiger partial charge in [-0.25, -0.2) is 9.18 Å². The fourth-order valence-electron chi connectivity index (χ4n) is 3.48. The summed E-state index contributed by atoms with van der Waals surface area (Å²) in [6.45, 7) is 5.64. The number of nitrogens with zero attached hydrogens (tertiary/aromatic N) is 1. The molecule has 0 bridgehead atoms. The minimum atomic E-state index is -0.185. The third-order valence-corrected chi connectivity index (χ3v) is 5.24. The van der Waals surface area contributed by atoms with Gasteiger partial charge in [0.2, 0.25) is 0 Å². The molecule has 1 saturated carbocycles. The second kappa shape index (κ2) is 7.97. The van der Waals surface area contributed by atoms with Crippen LogP contribution in [0.5, 0.6) is 0 Å². The normalized spacial score (nSPS) is 22.1. The smallest absolute Gasteiger partial charge is 0.317 e. The first-order chi connectivity index (χ1) is 11.3. The van der Waals surface area contributed by atoms with E-state index in [1.165, 1.54) is 0 Å². The van der Waals surface area contributed by atoms with Gasteiger partial charge in [-0.05, 0) is 69.1 Å². The Balaban J connectivity index is 1.96.